The number of nitrogens with one attached hydrogen (secondary N) is 1. The van der Waals surface area contributed by atoms with Crippen molar-refractivity contribution >= 4 is 12.4 Å². The van der Waals surface area contributed by atoms with Gasteiger partial charge >= 0.3 is 6.09 Å². The monoisotopic (exact) mass is 277 g/mol. The van der Waals surface area contributed by atoms with Crippen LogP contribution in [0.5, 0.6) is 0 Å². The fraction of sp³-hybridized carbons (Fsp3) is 0.500. The van der Waals surface area contributed by atoms with Crippen LogP contribution in [0.4, 0.5) is 4.79 Å². The number of ether oxygens (including phenoxy) is 1. The summed E-state index contributed by atoms with van der Waals surface area (Å²) < 4.78 is 5.13. The Balaban J connectivity index is 2.33. The summed E-state index contributed by atoms with van der Waals surface area (Å²) in [6.45, 7) is 5.37. The van der Waals surface area contributed by atoms with Gasteiger partial charge in [-0.15, -0.1) is 0 Å². The van der Waals surface area contributed by atoms with Gasteiger partial charge in [-0.1, -0.05) is 30.3 Å². The van der Waals surface area contributed by atoms with Crippen LogP contribution in [-0.2, 0) is 16.0 Å². The van der Waals surface area contributed by atoms with Crippen molar-refractivity contribution in [1.29, 1.82) is 0 Å². The van der Waals surface area contributed by atoms with Crippen molar-refractivity contribution in [3.05, 3.63) is 35.9 Å². The fourth-order valence-electron chi connectivity index (χ4n) is 1.80. The minimum Gasteiger partial charge on any atom is -0.444 e. The Bertz CT molecular complexity index is 423. The minimum atomic E-state index is -0.554. The summed E-state index contributed by atoms with van der Waals surface area (Å²) in [4.78, 5) is 22.5. The molecule has 4 heteroatoms. The zero-order valence-electron chi connectivity index (χ0n) is 12.4. The van der Waals surface area contributed by atoms with Crippen LogP contribution >= 0.6 is 0 Å². The van der Waals surface area contributed by atoms with Gasteiger partial charge in [0, 0.05) is 0 Å². The molecule has 110 valence electrons. The average molecular weight is 277 g/mol. The largest absolute Gasteiger partial charge is 0.444 e. The molecule has 1 amide bonds. The molecule has 0 spiro atoms. The number of benzene rings is 1. The van der Waals surface area contributed by atoms with E-state index in [0.29, 0.717) is 6.42 Å². The van der Waals surface area contributed by atoms with Crippen molar-refractivity contribution in [3.8, 4) is 0 Å². The van der Waals surface area contributed by atoms with E-state index in [4.69, 9.17) is 4.74 Å². The molecule has 4 nitrogen and oxygen atoms in total. The molecular formula is C16H23NO3. The minimum absolute atomic E-state index is 0.492. The van der Waals surface area contributed by atoms with Gasteiger partial charge in [-0.2, -0.15) is 0 Å². The number of aldehydes is 1. The zero-order valence-corrected chi connectivity index (χ0v) is 12.4. The Labute approximate surface area is 120 Å². The van der Waals surface area contributed by atoms with Gasteiger partial charge in [0.25, 0.3) is 0 Å². The Morgan fingerprint density at radius 3 is 2.50 bits per heavy atom. The molecular weight excluding hydrogens is 254 g/mol. The third kappa shape index (κ3) is 6.92. The number of hydrogen-bond donors (Lipinski definition) is 1. The van der Waals surface area contributed by atoms with Gasteiger partial charge in [0.15, 0.2) is 0 Å². The van der Waals surface area contributed by atoms with Crippen molar-refractivity contribution in [3.63, 3.8) is 0 Å². The Morgan fingerprint density at radius 2 is 1.95 bits per heavy atom. The molecule has 0 unspecified atom stereocenters. The van der Waals surface area contributed by atoms with E-state index in [2.05, 4.69) is 17.4 Å². The Hall–Kier alpha value is -1.84. The number of carbonyl (C=O) groups is 2. The Morgan fingerprint density at radius 1 is 1.30 bits per heavy atom. The van der Waals surface area contributed by atoms with E-state index >= 15 is 0 Å². The van der Waals surface area contributed by atoms with Crippen LogP contribution in [0.25, 0.3) is 0 Å². The lowest BCUT2D eigenvalue weighted by Gasteiger charge is -2.21. The summed E-state index contributed by atoms with van der Waals surface area (Å²) in [6.07, 6.45) is 2.55. The predicted molar refractivity (Wildman–Crippen MR) is 78.6 cm³/mol. The highest BCUT2D eigenvalue weighted by molar-refractivity contribution is 5.73. The molecule has 0 fully saturated rings. The van der Waals surface area contributed by atoms with Crippen LogP contribution in [0, 0.1) is 0 Å². The smallest absolute Gasteiger partial charge is 0.408 e. The fourth-order valence-corrected chi connectivity index (χ4v) is 1.80. The molecule has 0 bridgehead atoms. The molecule has 0 aliphatic carbocycles. The number of aryl methyl sites for hydroxylation is 1. The van der Waals surface area contributed by atoms with Crippen LogP contribution in [0.15, 0.2) is 30.3 Å². The third-order valence-electron chi connectivity index (χ3n) is 2.69. The molecule has 1 aromatic carbocycles. The number of amides is 1. The summed E-state index contributed by atoms with van der Waals surface area (Å²) in [5.41, 5.74) is 0.677. The van der Waals surface area contributed by atoms with E-state index in [-0.39, 0.29) is 0 Å². The summed E-state index contributed by atoms with van der Waals surface area (Å²) >= 11 is 0. The first-order valence-electron chi connectivity index (χ1n) is 6.89. The van der Waals surface area contributed by atoms with Crippen LogP contribution < -0.4 is 5.32 Å². The molecule has 1 atom stereocenters. The Kier molecular flexibility index (Phi) is 6.22. The maximum atomic E-state index is 11.6. The van der Waals surface area contributed by atoms with E-state index in [9.17, 15) is 9.59 Å². The van der Waals surface area contributed by atoms with E-state index in [1.165, 1.54) is 5.56 Å². The molecule has 0 aromatic heterocycles. The molecule has 1 aromatic rings. The molecule has 1 N–H and O–H groups in total. The molecule has 0 saturated heterocycles. The van der Waals surface area contributed by atoms with Crippen molar-refractivity contribution < 1.29 is 14.3 Å². The lowest BCUT2D eigenvalue weighted by molar-refractivity contribution is -0.109. The highest BCUT2D eigenvalue weighted by atomic mass is 16.6. The quantitative estimate of drug-likeness (QED) is 0.813. The molecule has 0 radical (unpaired) electrons. The molecule has 0 heterocycles. The van der Waals surface area contributed by atoms with Crippen LogP contribution in [0.1, 0.15) is 39.2 Å². The first-order chi connectivity index (χ1) is 9.40. The van der Waals surface area contributed by atoms with Gasteiger partial charge < -0.3 is 14.8 Å². The second kappa shape index (κ2) is 7.68. The van der Waals surface area contributed by atoms with E-state index < -0.39 is 17.7 Å². The lowest BCUT2D eigenvalue weighted by atomic mass is 10.1. The van der Waals surface area contributed by atoms with Crippen molar-refractivity contribution in [2.45, 2.75) is 51.7 Å². The second-order valence-corrected chi connectivity index (χ2v) is 5.77. The van der Waals surface area contributed by atoms with E-state index in [0.717, 1.165) is 19.1 Å². The maximum absolute atomic E-state index is 11.6. The first-order valence-corrected chi connectivity index (χ1v) is 6.89. The van der Waals surface area contributed by atoms with Gasteiger partial charge in [-0.05, 0) is 45.6 Å². The molecule has 0 aliphatic rings. The zero-order chi connectivity index (χ0) is 15.0. The summed E-state index contributed by atoms with van der Waals surface area (Å²) in [5.74, 6) is 0. The molecule has 20 heavy (non-hydrogen) atoms. The highest BCUT2D eigenvalue weighted by Crippen LogP contribution is 2.09. The van der Waals surface area contributed by atoms with E-state index in [1.807, 2.05) is 18.2 Å². The number of carbonyl (C=O) groups excluding carboxylic acids is 2. The molecule has 1 rings (SSSR count). The van der Waals surface area contributed by atoms with Crippen LogP contribution in [-0.4, -0.2) is 24.0 Å². The molecule has 0 aliphatic heterocycles. The lowest BCUT2D eigenvalue weighted by Crippen LogP contribution is -2.40. The second-order valence-electron chi connectivity index (χ2n) is 5.77. The van der Waals surface area contributed by atoms with Crippen LogP contribution in [0.3, 0.4) is 0 Å². The topological polar surface area (TPSA) is 55.4 Å². The summed E-state index contributed by atoms with van der Waals surface area (Å²) in [6, 6.07) is 9.57. The highest BCUT2D eigenvalue weighted by Gasteiger charge is 2.18. The number of rotatable bonds is 6. The van der Waals surface area contributed by atoms with Gasteiger partial charge in [0.05, 0.1) is 6.04 Å². The third-order valence-corrected chi connectivity index (χ3v) is 2.69. The number of hydrogen-bond acceptors (Lipinski definition) is 3. The van der Waals surface area contributed by atoms with E-state index in [1.54, 1.807) is 20.8 Å². The normalized spacial score (nSPS) is 12.6. The van der Waals surface area contributed by atoms with Crippen molar-refractivity contribution in [2.75, 3.05) is 0 Å². The van der Waals surface area contributed by atoms with Gasteiger partial charge in [0.2, 0.25) is 0 Å². The first kappa shape index (κ1) is 16.2. The van der Waals surface area contributed by atoms with Crippen LogP contribution in [0.2, 0.25) is 0 Å². The predicted octanol–water partition coefficient (Wildman–Crippen LogP) is 3.10. The van der Waals surface area contributed by atoms with Crippen molar-refractivity contribution in [1.82, 2.24) is 5.32 Å². The standard InChI is InChI=1S/C16H23NO3/c1-16(2,3)20-15(19)17-14(12-18)11-7-10-13-8-5-4-6-9-13/h4-6,8-9,12,14H,7,10-11H2,1-3H3,(H,17,19)/t14-/m1/s1. The van der Waals surface area contributed by atoms with Gasteiger partial charge in [-0.25, -0.2) is 4.79 Å². The summed E-state index contributed by atoms with van der Waals surface area (Å²) in [7, 11) is 0. The van der Waals surface area contributed by atoms with Crippen molar-refractivity contribution in [2.24, 2.45) is 0 Å². The maximum Gasteiger partial charge on any atom is 0.408 e. The van der Waals surface area contributed by atoms with Gasteiger partial charge in [0.1, 0.15) is 11.9 Å². The molecule has 0 saturated carbocycles. The average Bonchev–Trinajstić information content (AvgIpc) is 2.36. The SMILES string of the molecule is CC(C)(C)OC(=O)N[C@@H](C=O)CCCc1ccccc1. The summed E-state index contributed by atoms with van der Waals surface area (Å²) in [5, 5.41) is 2.58. The number of alkyl carbamates (subject to hydrolysis) is 1. The van der Waals surface area contributed by atoms with Gasteiger partial charge in [-0.3, -0.25) is 0 Å².